The first-order chi connectivity index (χ1) is 8.11. The third-order valence-corrected chi connectivity index (χ3v) is 2.57. The number of rotatable bonds is 1. The average molecular weight is 242 g/mol. The van der Waals surface area contributed by atoms with Crippen molar-refractivity contribution in [3.05, 3.63) is 42.0 Å². The summed E-state index contributed by atoms with van der Waals surface area (Å²) >= 11 is 0.750. The van der Waals surface area contributed by atoms with Crippen molar-refractivity contribution in [2.75, 3.05) is 19.0 Å². The van der Waals surface area contributed by atoms with E-state index in [1.165, 1.54) is 22.0 Å². The number of anilines is 1. The van der Waals surface area contributed by atoms with E-state index in [9.17, 15) is 0 Å². The summed E-state index contributed by atoms with van der Waals surface area (Å²) in [6.07, 6.45) is 0. The van der Waals surface area contributed by atoms with Crippen LogP contribution >= 0.6 is 0 Å². The topological polar surface area (TPSA) is 3.24 Å². The quantitative estimate of drug-likeness (QED) is 0.683. The summed E-state index contributed by atoms with van der Waals surface area (Å²) in [6, 6.07) is 12.9. The van der Waals surface area contributed by atoms with Crippen molar-refractivity contribution in [2.24, 2.45) is 0 Å². The molecular formula is C15H21AlN+. The van der Waals surface area contributed by atoms with Gasteiger partial charge in [0.05, 0.1) is 0 Å². The van der Waals surface area contributed by atoms with Crippen LogP contribution in [0, 0.1) is 6.92 Å². The molecule has 0 spiro atoms. The minimum absolute atomic E-state index is 0.750. The van der Waals surface area contributed by atoms with E-state index < -0.39 is 0 Å². The molecule has 2 aromatic rings. The van der Waals surface area contributed by atoms with Gasteiger partial charge >= 0.3 is 26.8 Å². The van der Waals surface area contributed by atoms with Gasteiger partial charge < -0.3 is 4.90 Å². The minimum atomic E-state index is 0.750. The zero-order chi connectivity index (χ0) is 12.8. The van der Waals surface area contributed by atoms with Gasteiger partial charge in [-0.2, -0.15) is 0 Å². The molecule has 0 aliphatic rings. The molecule has 0 heterocycles. The van der Waals surface area contributed by atoms with Crippen molar-refractivity contribution >= 4 is 31.7 Å². The number of fused-ring (bicyclic) bond motifs is 1. The second kappa shape index (κ2) is 6.69. The molecule has 0 saturated carbocycles. The van der Waals surface area contributed by atoms with Gasteiger partial charge in [-0.3, -0.25) is 0 Å². The van der Waals surface area contributed by atoms with E-state index in [2.05, 4.69) is 73.9 Å². The normalized spacial score (nSPS) is 9.24. The van der Waals surface area contributed by atoms with Gasteiger partial charge in [0.1, 0.15) is 0 Å². The third kappa shape index (κ3) is 3.49. The van der Waals surface area contributed by atoms with Crippen LogP contribution in [0.25, 0.3) is 10.8 Å². The Bertz CT molecular complexity index is 472. The van der Waals surface area contributed by atoms with E-state index in [4.69, 9.17) is 0 Å². The molecule has 0 amide bonds. The van der Waals surface area contributed by atoms with Crippen LogP contribution in [0.4, 0.5) is 5.69 Å². The third-order valence-electron chi connectivity index (χ3n) is 2.57. The van der Waals surface area contributed by atoms with Gasteiger partial charge in [-0.05, 0) is 23.9 Å². The number of benzene rings is 2. The summed E-state index contributed by atoms with van der Waals surface area (Å²) in [7, 11) is 4.17. The summed E-state index contributed by atoms with van der Waals surface area (Å²) in [5.41, 5.74) is 2.63. The maximum absolute atomic E-state index is 2.21. The van der Waals surface area contributed by atoms with Crippen LogP contribution in [-0.4, -0.2) is 29.3 Å². The average Bonchev–Trinajstić information content (AvgIpc) is 2.29. The van der Waals surface area contributed by atoms with Crippen molar-refractivity contribution < 1.29 is 0 Å². The molecule has 2 rings (SSSR count). The number of nitrogens with zero attached hydrogens (tertiary/aromatic N) is 1. The zero-order valence-corrected chi connectivity index (χ0v) is 12.6. The first-order valence-corrected chi connectivity index (χ1v) is 8.32. The second-order valence-electron chi connectivity index (χ2n) is 4.42. The Morgan fingerprint density at radius 3 is 2.00 bits per heavy atom. The molecule has 2 aromatic carbocycles. The molecule has 0 fully saturated rings. The van der Waals surface area contributed by atoms with Crippen molar-refractivity contribution in [2.45, 2.75) is 18.5 Å². The molecule has 0 bridgehead atoms. The summed E-state index contributed by atoms with van der Waals surface area (Å²) in [5, 5.41) is 2.68. The van der Waals surface area contributed by atoms with Gasteiger partial charge in [0, 0.05) is 25.2 Å². The van der Waals surface area contributed by atoms with Crippen molar-refractivity contribution in [3.63, 3.8) is 0 Å². The molecule has 0 aromatic heterocycles. The van der Waals surface area contributed by atoms with Gasteiger partial charge in [-0.15, -0.1) is 0 Å². The van der Waals surface area contributed by atoms with Crippen molar-refractivity contribution in [3.8, 4) is 0 Å². The van der Waals surface area contributed by atoms with Gasteiger partial charge in [0.2, 0.25) is 0 Å². The second-order valence-corrected chi connectivity index (χ2v) is 5.58. The Labute approximate surface area is 111 Å². The number of hydrogen-bond acceptors (Lipinski definition) is 1. The first-order valence-electron chi connectivity index (χ1n) is 6.01. The Kier molecular flexibility index (Phi) is 5.55. The molecule has 0 radical (unpaired) electrons. The van der Waals surface area contributed by atoms with Crippen LogP contribution < -0.4 is 4.90 Å². The SMILES string of the molecule is Cc1cccc2cccc(N(C)C)c12.[CH3][Al+][CH3]. The Balaban J connectivity index is 0.000000437. The predicted octanol–water partition coefficient (Wildman–Crippen LogP) is 4.00. The van der Waals surface area contributed by atoms with Gasteiger partial charge in [0.25, 0.3) is 0 Å². The number of aryl methyl sites for hydroxylation is 1. The molecular weight excluding hydrogens is 221 g/mol. The molecule has 17 heavy (non-hydrogen) atoms. The van der Waals surface area contributed by atoms with Crippen molar-refractivity contribution in [1.29, 1.82) is 0 Å². The summed E-state index contributed by atoms with van der Waals surface area (Å²) in [5.74, 6) is 4.42. The standard InChI is InChI=1S/C13H15N.2CH3.Al/c1-10-6-4-7-11-8-5-9-12(13(10)11)14(2)3;;;/h4-9H,1-3H3;2*1H3;/q;;;+1. The monoisotopic (exact) mass is 242 g/mol. The van der Waals surface area contributed by atoms with Crippen LogP contribution in [0.5, 0.6) is 0 Å². The van der Waals surface area contributed by atoms with Crippen LogP contribution in [-0.2, 0) is 0 Å². The van der Waals surface area contributed by atoms with Gasteiger partial charge in [-0.1, -0.05) is 30.3 Å². The van der Waals surface area contributed by atoms with E-state index in [0.29, 0.717) is 0 Å². The Hall–Kier alpha value is -0.968. The van der Waals surface area contributed by atoms with E-state index in [-0.39, 0.29) is 0 Å². The Morgan fingerprint density at radius 2 is 1.47 bits per heavy atom. The molecule has 88 valence electrons. The Morgan fingerprint density at radius 1 is 0.941 bits per heavy atom. The predicted molar refractivity (Wildman–Crippen MR) is 80.5 cm³/mol. The van der Waals surface area contributed by atoms with Crippen LogP contribution in [0.2, 0.25) is 11.6 Å². The number of hydrogen-bond donors (Lipinski definition) is 0. The van der Waals surface area contributed by atoms with E-state index in [1.54, 1.807) is 0 Å². The molecule has 0 saturated heterocycles. The van der Waals surface area contributed by atoms with Crippen LogP contribution in [0.15, 0.2) is 36.4 Å². The fourth-order valence-corrected chi connectivity index (χ4v) is 1.88. The zero-order valence-electron chi connectivity index (χ0n) is 11.5. The molecule has 2 heteroatoms. The fraction of sp³-hybridized carbons (Fsp3) is 0.333. The van der Waals surface area contributed by atoms with E-state index >= 15 is 0 Å². The van der Waals surface area contributed by atoms with Gasteiger partial charge in [0.15, 0.2) is 0 Å². The molecule has 0 aliphatic carbocycles. The van der Waals surface area contributed by atoms with E-state index in [0.717, 1.165) is 15.2 Å². The fourth-order valence-electron chi connectivity index (χ4n) is 1.88. The van der Waals surface area contributed by atoms with Crippen molar-refractivity contribution in [1.82, 2.24) is 0 Å². The summed E-state index contributed by atoms with van der Waals surface area (Å²) in [4.78, 5) is 2.16. The summed E-state index contributed by atoms with van der Waals surface area (Å²) in [6.45, 7) is 2.16. The maximum atomic E-state index is 2.21. The first kappa shape index (κ1) is 14.1. The molecule has 1 nitrogen and oxygen atoms in total. The molecule has 0 unspecified atom stereocenters. The van der Waals surface area contributed by atoms with Crippen LogP contribution in [0.3, 0.4) is 0 Å². The molecule has 0 atom stereocenters. The summed E-state index contributed by atoms with van der Waals surface area (Å²) < 4.78 is 0. The van der Waals surface area contributed by atoms with Gasteiger partial charge in [-0.25, -0.2) is 0 Å². The molecule has 0 aliphatic heterocycles. The molecule has 0 N–H and O–H groups in total. The van der Waals surface area contributed by atoms with Crippen LogP contribution in [0.1, 0.15) is 5.56 Å². The van der Waals surface area contributed by atoms with E-state index in [1.807, 2.05) is 0 Å².